The molecule has 0 fully saturated rings. The number of aromatic nitrogens is 4. The van der Waals surface area contributed by atoms with Crippen molar-refractivity contribution in [1.82, 2.24) is 29.4 Å². The lowest BCUT2D eigenvalue weighted by atomic mass is 9.93. The van der Waals surface area contributed by atoms with Gasteiger partial charge in [0.2, 0.25) is 0 Å². The van der Waals surface area contributed by atoms with Crippen molar-refractivity contribution in [3.63, 3.8) is 0 Å². The van der Waals surface area contributed by atoms with Crippen molar-refractivity contribution in [2.45, 2.75) is 70.4 Å². The van der Waals surface area contributed by atoms with Crippen molar-refractivity contribution in [1.29, 1.82) is 0 Å². The van der Waals surface area contributed by atoms with Crippen LogP contribution in [0.4, 0.5) is 5.69 Å². The predicted molar refractivity (Wildman–Crippen MR) is 204 cm³/mol. The van der Waals surface area contributed by atoms with E-state index in [1.165, 1.54) is 18.2 Å². The van der Waals surface area contributed by atoms with Gasteiger partial charge in [-0.1, -0.05) is 63.1 Å². The van der Waals surface area contributed by atoms with Crippen molar-refractivity contribution in [2.24, 2.45) is 7.05 Å². The number of hydrogen-bond acceptors (Lipinski definition) is 7. The lowest BCUT2D eigenvalue weighted by molar-refractivity contribution is 0.0544. The standard InChI is InChI=1S/C40H47N7O5S/c1-5-7-20-45(21-8-6-2)40(50)37-23-28(3)47(42-37)38-18-15-32(43-53(51,52)34-16-13-29(14-17-34)36-19-22-44(4)41-36)25-35(38)39(49)46-26-31-12-10-9-11-30(31)24-33(46)27-48/h9-19,22-23,25,33,43,48H,5-8,20-21,24,26-27H2,1-4H3/t33-/m0/s1. The lowest BCUT2D eigenvalue weighted by Gasteiger charge is -2.36. The van der Waals surface area contributed by atoms with Crippen molar-refractivity contribution < 1.29 is 23.1 Å². The van der Waals surface area contributed by atoms with Crippen molar-refractivity contribution in [3.05, 3.63) is 113 Å². The van der Waals surface area contributed by atoms with Crippen LogP contribution in [0.5, 0.6) is 0 Å². The summed E-state index contributed by atoms with van der Waals surface area (Å²) in [6.45, 7) is 7.27. The fraction of sp³-hybridized carbons (Fsp3) is 0.350. The predicted octanol–water partition coefficient (Wildman–Crippen LogP) is 5.98. The van der Waals surface area contributed by atoms with E-state index in [1.54, 1.807) is 44.6 Å². The molecule has 0 saturated heterocycles. The van der Waals surface area contributed by atoms with Gasteiger partial charge >= 0.3 is 0 Å². The molecular formula is C40H47N7O5S. The number of aliphatic hydroxyl groups excluding tert-OH is 1. The minimum absolute atomic E-state index is 0.0453. The largest absolute Gasteiger partial charge is 0.394 e. The number of nitrogens with zero attached hydrogens (tertiary/aromatic N) is 6. The minimum atomic E-state index is -4.06. The molecule has 2 aromatic heterocycles. The van der Waals surface area contributed by atoms with E-state index >= 15 is 0 Å². The fourth-order valence-corrected chi connectivity index (χ4v) is 7.73. The first kappa shape index (κ1) is 37.5. The monoisotopic (exact) mass is 737 g/mol. The van der Waals surface area contributed by atoms with Gasteiger partial charge < -0.3 is 14.9 Å². The number of benzene rings is 3. The highest BCUT2D eigenvalue weighted by atomic mass is 32.2. The molecule has 1 aliphatic rings. The minimum Gasteiger partial charge on any atom is -0.394 e. The average molecular weight is 738 g/mol. The Morgan fingerprint density at radius 2 is 1.62 bits per heavy atom. The first-order valence-corrected chi connectivity index (χ1v) is 19.6. The van der Waals surface area contributed by atoms with Gasteiger partial charge in [0.05, 0.1) is 34.5 Å². The SMILES string of the molecule is CCCCN(CCCC)C(=O)c1cc(C)n(-c2ccc(NS(=O)(=O)c3ccc(-c4ccn(C)n4)cc3)cc2C(=O)N2Cc3ccccc3C[C@H]2CO)n1. The zero-order chi connectivity index (χ0) is 37.7. The molecule has 278 valence electrons. The Labute approximate surface area is 311 Å². The molecule has 1 atom stereocenters. The summed E-state index contributed by atoms with van der Waals surface area (Å²) in [6, 6.07) is 22.0. The summed E-state index contributed by atoms with van der Waals surface area (Å²) >= 11 is 0. The van der Waals surface area contributed by atoms with Crippen LogP contribution in [-0.2, 0) is 30.0 Å². The molecule has 12 nitrogen and oxygen atoms in total. The number of aliphatic hydroxyl groups is 1. The molecule has 2 N–H and O–H groups in total. The number of nitrogens with one attached hydrogen (secondary N) is 1. The topological polar surface area (TPSA) is 143 Å². The maximum Gasteiger partial charge on any atom is 0.274 e. The van der Waals surface area contributed by atoms with Crippen LogP contribution in [0.1, 0.15) is 77.2 Å². The van der Waals surface area contributed by atoms with E-state index < -0.39 is 22.0 Å². The number of amides is 2. The van der Waals surface area contributed by atoms with Gasteiger partial charge in [-0.15, -0.1) is 0 Å². The van der Waals surface area contributed by atoms with E-state index in [1.807, 2.05) is 55.4 Å². The summed E-state index contributed by atoms with van der Waals surface area (Å²) in [5.41, 5.74) is 5.17. The zero-order valence-electron chi connectivity index (χ0n) is 30.7. The lowest BCUT2D eigenvalue weighted by Crippen LogP contribution is -2.46. The number of hydrogen-bond donors (Lipinski definition) is 2. The summed E-state index contributed by atoms with van der Waals surface area (Å²) in [5, 5.41) is 19.5. The second kappa shape index (κ2) is 16.2. The summed E-state index contributed by atoms with van der Waals surface area (Å²) in [4.78, 5) is 31.9. The number of sulfonamides is 1. The number of rotatable bonds is 14. The van der Waals surface area contributed by atoms with Crippen molar-refractivity contribution in [3.8, 4) is 16.9 Å². The summed E-state index contributed by atoms with van der Waals surface area (Å²) in [7, 11) is -2.25. The van der Waals surface area contributed by atoms with Gasteiger partial charge in [-0.3, -0.25) is 19.0 Å². The summed E-state index contributed by atoms with van der Waals surface area (Å²) < 4.78 is 33.2. The molecular weight excluding hydrogens is 691 g/mol. The molecule has 53 heavy (non-hydrogen) atoms. The molecule has 0 unspecified atom stereocenters. The highest BCUT2D eigenvalue weighted by Crippen LogP contribution is 2.30. The fourth-order valence-electron chi connectivity index (χ4n) is 6.68. The van der Waals surface area contributed by atoms with Crippen LogP contribution in [0.15, 0.2) is 90.0 Å². The van der Waals surface area contributed by atoms with E-state index in [2.05, 4.69) is 23.7 Å². The molecule has 3 aromatic carbocycles. The quantitative estimate of drug-likeness (QED) is 0.143. The molecule has 1 aliphatic heterocycles. The maximum atomic E-state index is 14.6. The molecule has 0 spiro atoms. The van der Waals surface area contributed by atoms with E-state index in [-0.39, 0.29) is 40.9 Å². The molecule has 13 heteroatoms. The first-order chi connectivity index (χ1) is 25.5. The maximum absolute atomic E-state index is 14.6. The van der Waals surface area contributed by atoms with Gasteiger partial charge in [0, 0.05) is 49.8 Å². The van der Waals surface area contributed by atoms with Crippen LogP contribution >= 0.6 is 0 Å². The number of carbonyl (C=O) groups is 2. The van der Waals surface area contributed by atoms with Crippen LogP contribution in [0, 0.1) is 6.92 Å². The average Bonchev–Trinajstić information content (AvgIpc) is 3.78. The van der Waals surface area contributed by atoms with Crippen molar-refractivity contribution in [2.75, 3.05) is 24.4 Å². The van der Waals surface area contributed by atoms with E-state index in [0.29, 0.717) is 30.9 Å². The van der Waals surface area contributed by atoms with Crippen LogP contribution in [-0.4, -0.2) is 80.4 Å². The molecule has 5 aromatic rings. The smallest absolute Gasteiger partial charge is 0.274 e. The molecule has 2 amide bonds. The van der Waals surface area contributed by atoms with Gasteiger partial charge in [0.25, 0.3) is 21.8 Å². The molecule has 0 bridgehead atoms. The summed E-state index contributed by atoms with van der Waals surface area (Å²) in [5.74, 6) is -0.572. The van der Waals surface area contributed by atoms with Gasteiger partial charge in [0.15, 0.2) is 5.69 Å². The van der Waals surface area contributed by atoms with Gasteiger partial charge in [-0.25, -0.2) is 13.1 Å². The van der Waals surface area contributed by atoms with Crippen LogP contribution in [0.2, 0.25) is 0 Å². The number of aryl methyl sites for hydroxylation is 2. The van der Waals surface area contributed by atoms with Crippen molar-refractivity contribution >= 4 is 27.5 Å². The molecule has 6 rings (SSSR count). The highest BCUT2D eigenvalue weighted by Gasteiger charge is 2.32. The molecule has 0 saturated carbocycles. The van der Waals surface area contributed by atoms with Crippen LogP contribution in [0.25, 0.3) is 16.9 Å². The number of fused-ring (bicyclic) bond motifs is 1. The molecule has 0 radical (unpaired) electrons. The Bertz CT molecular complexity index is 2180. The second-order valence-electron chi connectivity index (χ2n) is 13.6. The first-order valence-electron chi connectivity index (χ1n) is 18.1. The Morgan fingerprint density at radius 3 is 2.26 bits per heavy atom. The van der Waals surface area contributed by atoms with E-state index in [0.717, 1.165) is 48.1 Å². The van der Waals surface area contributed by atoms with Crippen LogP contribution in [0.3, 0.4) is 0 Å². The number of anilines is 1. The highest BCUT2D eigenvalue weighted by molar-refractivity contribution is 7.92. The van der Waals surface area contributed by atoms with E-state index in [9.17, 15) is 23.1 Å². The van der Waals surface area contributed by atoms with E-state index in [4.69, 9.17) is 5.10 Å². The normalized spacial score (nSPS) is 14.2. The zero-order valence-corrected chi connectivity index (χ0v) is 31.5. The molecule has 0 aliphatic carbocycles. The Morgan fingerprint density at radius 1 is 0.925 bits per heavy atom. The Hall–Kier alpha value is -5.27. The number of carbonyl (C=O) groups excluding carboxylic acids is 2. The third-order valence-electron chi connectivity index (χ3n) is 9.67. The van der Waals surface area contributed by atoms with Crippen LogP contribution < -0.4 is 4.72 Å². The Kier molecular flexibility index (Phi) is 11.4. The third-order valence-corrected chi connectivity index (χ3v) is 11.1. The molecule has 3 heterocycles. The number of unbranched alkanes of at least 4 members (excludes halogenated alkanes) is 2. The van der Waals surface area contributed by atoms with Gasteiger partial charge in [-0.2, -0.15) is 10.2 Å². The van der Waals surface area contributed by atoms with Gasteiger partial charge in [-0.05, 0) is 79.8 Å². The van der Waals surface area contributed by atoms with Gasteiger partial charge in [0.1, 0.15) is 0 Å². The Balaban J connectivity index is 1.37. The second-order valence-corrected chi connectivity index (χ2v) is 15.2. The summed E-state index contributed by atoms with van der Waals surface area (Å²) in [6.07, 6.45) is 5.96. The third kappa shape index (κ3) is 8.21.